The van der Waals surface area contributed by atoms with Crippen LogP contribution in [0.2, 0.25) is 0 Å². The Hall–Kier alpha value is -2.69. The number of aliphatic hydroxyl groups excluding tert-OH is 1. The van der Waals surface area contributed by atoms with E-state index in [0.717, 1.165) is 6.07 Å². The monoisotopic (exact) mass is 414 g/mol. The van der Waals surface area contributed by atoms with Gasteiger partial charge >= 0.3 is 5.69 Å². The van der Waals surface area contributed by atoms with Gasteiger partial charge in [-0.1, -0.05) is 0 Å². The molecule has 29 heavy (non-hydrogen) atoms. The highest BCUT2D eigenvalue weighted by Crippen LogP contribution is 2.43. The average Bonchev–Trinajstić information content (AvgIpc) is 3.41. The van der Waals surface area contributed by atoms with Crippen LogP contribution in [0.4, 0.5) is 18.9 Å². The van der Waals surface area contributed by atoms with E-state index < -0.39 is 35.5 Å². The summed E-state index contributed by atoms with van der Waals surface area (Å²) in [6, 6.07) is 0.813. The van der Waals surface area contributed by atoms with E-state index >= 15 is 4.39 Å². The SMILES string of the molecule is COc1c(N2CCC(C(O)C(F)F)C2)c(F)cc2c(=O)n(N)c(=O)n(C3CC3)c12. The highest BCUT2D eigenvalue weighted by Gasteiger charge is 2.37. The Morgan fingerprint density at radius 3 is 2.55 bits per heavy atom. The van der Waals surface area contributed by atoms with Gasteiger partial charge in [-0.2, -0.15) is 4.68 Å². The Kier molecular flexibility index (Phi) is 4.72. The van der Waals surface area contributed by atoms with Crippen molar-refractivity contribution in [3.63, 3.8) is 0 Å². The number of rotatable bonds is 5. The quantitative estimate of drug-likeness (QED) is 0.702. The van der Waals surface area contributed by atoms with Gasteiger partial charge in [0.15, 0.2) is 11.6 Å². The van der Waals surface area contributed by atoms with E-state index in [-0.39, 0.29) is 47.9 Å². The molecule has 3 N–H and O–H groups in total. The maximum atomic E-state index is 15.1. The molecule has 1 aromatic heterocycles. The van der Waals surface area contributed by atoms with Gasteiger partial charge in [-0.3, -0.25) is 9.36 Å². The molecule has 0 bridgehead atoms. The molecule has 1 saturated heterocycles. The van der Waals surface area contributed by atoms with E-state index in [1.807, 2.05) is 0 Å². The summed E-state index contributed by atoms with van der Waals surface area (Å²) in [5.41, 5.74) is -1.46. The number of aliphatic hydroxyl groups is 1. The molecule has 1 aliphatic carbocycles. The third kappa shape index (κ3) is 3.04. The van der Waals surface area contributed by atoms with Crippen molar-refractivity contribution in [3.8, 4) is 5.75 Å². The third-order valence-corrected chi connectivity index (χ3v) is 5.68. The number of benzene rings is 1. The predicted octanol–water partition coefficient (Wildman–Crippen LogP) is 0.812. The van der Waals surface area contributed by atoms with E-state index in [0.29, 0.717) is 17.5 Å². The maximum absolute atomic E-state index is 15.1. The molecular weight excluding hydrogens is 393 g/mol. The van der Waals surface area contributed by atoms with Crippen LogP contribution in [0.3, 0.4) is 0 Å². The van der Waals surface area contributed by atoms with Crippen molar-refractivity contribution in [3.05, 3.63) is 32.7 Å². The Balaban J connectivity index is 1.92. The number of halogens is 3. The number of alkyl halides is 2. The van der Waals surface area contributed by atoms with E-state index in [4.69, 9.17) is 10.6 Å². The minimum Gasteiger partial charge on any atom is -0.492 e. The first-order valence-electron chi connectivity index (χ1n) is 9.30. The van der Waals surface area contributed by atoms with E-state index in [1.165, 1.54) is 16.6 Å². The lowest BCUT2D eigenvalue weighted by Gasteiger charge is -2.25. The molecule has 8 nitrogen and oxygen atoms in total. The van der Waals surface area contributed by atoms with E-state index in [9.17, 15) is 23.5 Å². The number of anilines is 1. The number of nitrogen functional groups attached to an aromatic ring is 1. The predicted molar refractivity (Wildman–Crippen MR) is 99.7 cm³/mol. The minimum absolute atomic E-state index is 0.00803. The third-order valence-electron chi connectivity index (χ3n) is 5.68. The van der Waals surface area contributed by atoms with Gasteiger partial charge in [0.05, 0.1) is 12.5 Å². The molecule has 4 rings (SSSR count). The molecule has 2 fully saturated rings. The lowest BCUT2D eigenvalue weighted by molar-refractivity contribution is -0.0335. The fraction of sp³-hybridized carbons (Fsp3) is 0.556. The molecule has 0 radical (unpaired) electrons. The second-order valence-electron chi connectivity index (χ2n) is 7.52. The number of hydrogen-bond donors (Lipinski definition) is 2. The van der Waals surface area contributed by atoms with Crippen LogP contribution in [0.15, 0.2) is 15.7 Å². The van der Waals surface area contributed by atoms with Crippen molar-refractivity contribution in [1.29, 1.82) is 0 Å². The summed E-state index contributed by atoms with van der Waals surface area (Å²) < 4.78 is 48.0. The molecule has 0 amide bonds. The van der Waals surface area contributed by atoms with Crippen LogP contribution in [-0.4, -0.2) is 47.1 Å². The lowest BCUT2D eigenvalue weighted by atomic mass is 10.0. The molecule has 11 heteroatoms. The topological polar surface area (TPSA) is 103 Å². The zero-order valence-corrected chi connectivity index (χ0v) is 15.6. The number of ether oxygens (including phenoxy) is 1. The Bertz CT molecular complexity index is 1080. The number of fused-ring (bicyclic) bond motifs is 1. The number of methoxy groups -OCH3 is 1. The van der Waals surface area contributed by atoms with Crippen molar-refractivity contribution in [2.24, 2.45) is 5.92 Å². The fourth-order valence-corrected chi connectivity index (χ4v) is 4.07. The summed E-state index contributed by atoms with van der Waals surface area (Å²) in [5, 5.41) is 9.59. The van der Waals surface area contributed by atoms with Crippen LogP contribution in [0, 0.1) is 11.7 Å². The van der Waals surface area contributed by atoms with Crippen molar-refractivity contribution < 1.29 is 23.0 Å². The van der Waals surface area contributed by atoms with E-state index in [1.54, 1.807) is 0 Å². The largest absolute Gasteiger partial charge is 0.492 e. The normalized spacial score (nSPS) is 20.6. The van der Waals surface area contributed by atoms with Gasteiger partial charge in [0, 0.05) is 25.0 Å². The lowest BCUT2D eigenvalue weighted by Crippen LogP contribution is -2.44. The van der Waals surface area contributed by atoms with Crippen LogP contribution in [-0.2, 0) is 0 Å². The Morgan fingerprint density at radius 1 is 1.28 bits per heavy atom. The first-order valence-corrected chi connectivity index (χ1v) is 9.30. The molecule has 2 unspecified atom stereocenters. The molecule has 158 valence electrons. The summed E-state index contributed by atoms with van der Waals surface area (Å²) in [6.07, 6.45) is -3.06. The Labute approximate surface area is 162 Å². The van der Waals surface area contributed by atoms with Crippen LogP contribution >= 0.6 is 0 Å². The molecular formula is C18H21F3N4O4. The molecule has 0 spiro atoms. The summed E-state index contributed by atoms with van der Waals surface area (Å²) >= 11 is 0. The molecule has 2 heterocycles. The minimum atomic E-state index is -2.90. The molecule has 1 saturated carbocycles. The van der Waals surface area contributed by atoms with Crippen LogP contribution in [0.25, 0.3) is 10.9 Å². The van der Waals surface area contributed by atoms with Crippen molar-refractivity contribution >= 4 is 16.6 Å². The summed E-state index contributed by atoms with van der Waals surface area (Å²) in [5.74, 6) is 4.04. The first-order chi connectivity index (χ1) is 13.8. The number of hydrogen-bond acceptors (Lipinski definition) is 6. The summed E-state index contributed by atoms with van der Waals surface area (Å²) in [6.45, 7) is 0.209. The van der Waals surface area contributed by atoms with Gasteiger partial charge in [-0.25, -0.2) is 18.0 Å². The van der Waals surface area contributed by atoms with Gasteiger partial charge in [-0.15, -0.1) is 0 Å². The standard InChI is InChI=1S/C18H21F3N4O4/c1-29-15-12-10(17(27)25(22)18(28)24(12)9-2-3-9)6-11(19)13(15)23-5-4-8(7-23)14(26)16(20)21/h6,8-9,14,16,26H,2-5,7,22H2,1H3. The van der Waals surface area contributed by atoms with Gasteiger partial charge < -0.3 is 20.6 Å². The number of nitrogens with zero attached hydrogens (tertiary/aromatic N) is 3. The smallest absolute Gasteiger partial charge is 0.350 e. The molecule has 1 aromatic carbocycles. The first kappa shape index (κ1) is 19.6. The molecule has 1 aliphatic heterocycles. The van der Waals surface area contributed by atoms with Gasteiger partial charge in [-0.05, 0) is 25.3 Å². The zero-order chi connectivity index (χ0) is 21.0. The van der Waals surface area contributed by atoms with Crippen molar-refractivity contribution in [2.75, 3.05) is 30.9 Å². The molecule has 2 aromatic rings. The van der Waals surface area contributed by atoms with Crippen molar-refractivity contribution in [2.45, 2.75) is 37.8 Å². The number of nitrogens with two attached hydrogens (primary N) is 1. The maximum Gasteiger partial charge on any atom is 0.350 e. The number of aromatic nitrogens is 2. The van der Waals surface area contributed by atoms with Crippen molar-refractivity contribution in [1.82, 2.24) is 9.24 Å². The summed E-state index contributed by atoms with van der Waals surface area (Å²) in [4.78, 5) is 26.6. The fourth-order valence-electron chi connectivity index (χ4n) is 4.07. The van der Waals surface area contributed by atoms with Gasteiger partial charge in [0.2, 0.25) is 0 Å². The zero-order valence-electron chi connectivity index (χ0n) is 15.6. The molecule has 2 aliphatic rings. The van der Waals surface area contributed by atoms with Crippen LogP contribution < -0.4 is 26.7 Å². The van der Waals surface area contributed by atoms with Gasteiger partial charge in [0.25, 0.3) is 12.0 Å². The summed E-state index contributed by atoms with van der Waals surface area (Å²) in [7, 11) is 1.29. The van der Waals surface area contributed by atoms with Crippen LogP contribution in [0.5, 0.6) is 5.75 Å². The second-order valence-corrected chi connectivity index (χ2v) is 7.52. The van der Waals surface area contributed by atoms with Gasteiger partial charge in [0.1, 0.15) is 17.3 Å². The highest BCUT2D eigenvalue weighted by atomic mass is 19.3. The van der Waals surface area contributed by atoms with Crippen LogP contribution in [0.1, 0.15) is 25.3 Å². The second kappa shape index (κ2) is 6.97. The van der Waals surface area contributed by atoms with E-state index in [2.05, 4.69) is 0 Å². The highest BCUT2D eigenvalue weighted by molar-refractivity contribution is 5.91. The molecule has 2 atom stereocenters. The average molecular weight is 414 g/mol. The Morgan fingerprint density at radius 2 is 1.97 bits per heavy atom.